The first-order valence-corrected chi connectivity index (χ1v) is 4.78. The number of aliphatic hydroxyl groups excluding tert-OH is 2. The van der Waals surface area contributed by atoms with Crippen molar-refractivity contribution in [3.05, 3.63) is 29.6 Å². The predicted molar refractivity (Wildman–Crippen MR) is 54.2 cm³/mol. The van der Waals surface area contributed by atoms with E-state index in [4.69, 9.17) is 10.2 Å². The maximum absolute atomic E-state index is 13.2. The van der Waals surface area contributed by atoms with Crippen LogP contribution in [0.1, 0.15) is 17.3 Å². The molecule has 0 unspecified atom stereocenters. The van der Waals surface area contributed by atoms with E-state index >= 15 is 0 Å². The van der Waals surface area contributed by atoms with E-state index in [1.165, 1.54) is 6.92 Å². The smallest absolute Gasteiger partial charge is 0.255 e. The van der Waals surface area contributed by atoms with Crippen molar-refractivity contribution in [2.45, 2.75) is 12.5 Å². The van der Waals surface area contributed by atoms with Gasteiger partial charge in [0, 0.05) is 6.20 Å². The molecule has 0 atom stereocenters. The molecule has 1 heterocycles. The number of halogens is 2. The molecule has 0 fully saturated rings. The average molecular weight is 246 g/mol. The lowest BCUT2D eigenvalue weighted by atomic mass is 10.0. The molecule has 7 heteroatoms. The van der Waals surface area contributed by atoms with Crippen molar-refractivity contribution in [3.63, 3.8) is 0 Å². The summed E-state index contributed by atoms with van der Waals surface area (Å²) in [6, 6.07) is 1.00. The molecule has 17 heavy (non-hydrogen) atoms. The second-order valence-electron chi connectivity index (χ2n) is 3.79. The van der Waals surface area contributed by atoms with Crippen molar-refractivity contribution >= 4 is 5.91 Å². The number of aliphatic hydroxyl groups is 2. The summed E-state index contributed by atoms with van der Waals surface area (Å²) < 4.78 is 26.0. The lowest BCUT2D eigenvalue weighted by molar-refractivity contribution is 0.0719. The van der Waals surface area contributed by atoms with Crippen molar-refractivity contribution in [2.75, 3.05) is 13.2 Å². The molecule has 0 bridgehead atoms. The standard InChI is InChI=1S/C10H12F2N2O3/c1-10(4-15,5-16)14-9(17)6-2-3-13-8(12)7(6)11/h2-3,15-16H,4-5H2,1H3,(H,14,17). The molecule has 94 valence electrons. The Labute approximate surface area is 96.1 Å². The molecule has 1 aromatic heterocycles. The van der Waals surface area contributed by atoms with Gasteiger partial charge < -0.3 is 15.5 Å². The lowest BCUT2D eigenvalue weighted by Gasteiger charge is -2.26. The fourth-order valence-corrected chi connectivity index (χ4v) is 1.06. The van der Waals surface area contributed by atoms with Crippen LogP contribution in [0.5, 0.6) is 0 Å². The maximum atomic E-state index is 13.2. The summed E-state index contributed by atoms with van der Waals surface area (Å²) >= 11 is 0. The van der Waals surface area contributed by atoms with Gasteiger partial charge in [0.2, 0.25) is 5.95 Å². The van der Waals surface area contributed by atoms with E-state index in [-0.39, 0.29) is 0 Å². The van der Waals surface area contributed by atoms with E-state index in [0.717, 1.165) is 12.3 Å². The minimum Gasteiger partial charge on any atom is -0.394 e. The number of hydrogen-bond acceptors (Lipinski definition) is 4. The van der Waals surface area contributed by atoms with E-state index in [1.807, 2.05) is 0 Å². The van der Waals surface area contributed by atoms with Crippen LogP contribution in [-0.2, 0) is 0 Å². The van der Waals surface area contributed by atoms with Crippen LogP contribution in [0.4, 0.5) is 8.78 Å². The minimum atomic E-state index is -1.38. The Kier molecular flexibility index (Phi) is 4.08. The molecule has 1 amide bonds. The number of nitrogens with one attached hydrogen (secondary N) is 1. The highest BCUT2D eigenvalue weighted by atomic mass is 19.2. The van der Waals surface area contributed by atoms with E-state index in [2.05, 4.69) is 10.3 Å². The molecular formula is C10H12F2N2O3. The molecule has 1 rings (SSSR count). The summed E-state index contributed by atoms with van der Waals surface area (Å²) in [4.78, 5) is 14.6. The fourth-order valence-electron chi connectivity index (χ4n) is 1.06. The summed E-state index contributed by atoms with van der Waals surface area (Å²) in [5, 5.41) is 20.1. The summed E-state index contributed by atoms with van der Waals surface area (Å²) in [5.74, 6) is -3.69. The van der Waals surface area contributed by atoms with E-state index in [1.54, 1.807) is 0 Å². The van der Waals surface area contributed by atoms with E-state index < -0.39 is 42.0 Å². The quantitative estimate of drug-likeness (QED) is 0.644. The monoisotopic (exact) mass is 246 g/mol. The number of hydrogen-bond donors (Lipinski definition) is 3. The van der Waals surface area contributed by atoms with Crippen LogP contribution in [-0.4, -0.2) is 39.9 Å². The Morgan fingerprint density at radius 3 is 2.59 bits per heavy atom. The molecular weight excluding hydrogens is 234 g/mol. The first-order valence-electron chi connectivity index (χ1n) is 4.78. The number of nitrogens with zero attached hydrogens (tertiary/aromatic N) is 1. The van der Waals surface area contributed by atoms with Gasteiger partial charge >= 0.3 is 0 Å². The van der Waals surface area contributed by atoms with Gasteiger partial charge in [-0.15, -0.1) is 0 Å². The van der Waals surface area contributed by atoms with Crippen LogP contribution < -0.4 is 5.32 Å². The van der Waals surface area contributed by atoms with Gasteiger partial charge in [0.1, 0.15) is 0 Å². The van der Waals surface area contributed by atoms with Crippen molar-refractivity contribution in [1.82, 2.24) is 10.3 Å². The zero-order valence-corrected chi connectivity index (χ0v) is 9.07. The van der Waals surface area contributed by atoms with E-state index in [0.29, 0.717) is 0 Å². The van der Waals surface area contributed by atoms with Crippen molar-refractivity contribution < 1.29 is 23.8 Å². The van der Waals surface area contributed by atoms with Crippen LogP contribution in [0.3, 0.4) is 0 Å². The van der Waals surface area contributed by atoms with Gasteiger partial charge in [-0.2, -0.15) is 4.39 Å². The molecule has 0 saturated carbocycles. The lowest BCUT2D eigenvalue weighted by Crippen LogP contribution is -2.52. The molecule has 0 aliphatic heterocycles. The summed E-state index contributed by atoms with van der Waals surface area (Å²) in [7, 11) is 0. The number of carbonyl (C=O) groups excluding carboxylic acids is 1. The number of amides is 1. The molecule has 0 aliphatic carbocycles. The molecule has 1 aromatic rings. The molecule has 0 saturated heterocycles. The van der Waals surface area contributed by atoms with Crippen molar-refractivity contribution in [2.24, 2.45) is 0 Å². The van der Waals surface area contributed by atoms with Crippen LogP contribution in [0.2, 0.25) is 0 Å². The Balaban J connectivity index is 2.94. The third-order valence-electron chi connectivity index (χ3n) is 2.20. The van der Waals surface area contributed by atoms with Crippen LogP contribution in [0.25, 0.3) is 0 Å². The third-order valence-corrected chi connectivity index (χ3v) is 2.20. The average Bonchev–Trinajstić information content (AvgIpc) is 2.32. The van der Waals surface area contributed by atoms with Crippen LogP contribution in [0.15, 0.2) is 12.3 Å². The first kappa shape index (κ1) is 13.5. The summed E-state index contributed by atoms with van der Waals surface area (Å²) in [5.41, 5.74) is -1.84. The number of carbonyl (C=O) groups is 1. The van der Waals surface area contributed by atoms with Crippen molar-refractivity contribution in [3.8, 4) is 0 Å². The molecule has 0 aliphatic rings. The van der Waals surface area contributed by atoms with Gasteiger partial charge in [-0.05, 0) is 13.0 Å². The van der Waals surface area contributed by atoms with Gasteiger partial charge in [0.25, 0.3) is 5.91 Å². The Morgan fingerprint density at radius 1 is 1.47 bits per heavy atom. The zero-order chi connectivity index (χ0) is 13.1. The minimum absolute atomic E-state index is 0.536. The molecule has 3 N–H and O–H groups in total. The largest absolute Gasteiger partial charge is 0.394 e. The maximum Gasteiger partial charge on any atom is 0.255 e. The highest BCUT2D eigenvalue weighted by Crippen LogP contribution is 2.11. The Morgan fingerprint density at radius 2 is 2.06 bits per heavy atom. The summed E-state index contributed by atoms with van der Waals surface area (Å²) in [6.07, 6.45) is 0.947. The number of pyridine rings is 1. The van der Waals surface area contributed by atoms with Gasteiger partial charge in [-0.25, -0.2) is 9.37 Å². The summed E-state index contributed by atoms with van der Waals surface area (Å²) in [6.45, 7) is 0.287. The highest BCUT2D eigenvalue weighted by molar-refractivity contribution is 5.94. The van der Waals surface area contributed by atoms with Gasteiger partial charge in [0.05, 0.1) is 24.3 Å². The van der Waals surface area contributed by atoms with E-state index in [9.17, 15) is 13.6 Å². The Bertz CT molecular complexity index is 422. The van der Waals surface area contributed by atoms with Gasteiger partial charge in [-0.3, -0.25) is 4.79 Å². The molecule has 0 aromatic carbocycles. The predicted octanol–water partition coefficient (Wildman–Crippen LogP) is -0.167. The molecule has 5 nitrogen and oxygen atoms in total. The first-order chi connectivity index (χ1) is 7.93. The third kappa shape index (κ3) is 2.95. The topological polar surface area (TPSA) is 82.5 Å². The van der Waals surface area contributed by atoms with Crippen LogP contribution in [0, 0.1) is 11.8 Å². The Hall–Kier alpha value is -1.60. The SMILES string of the molecule is CC(CO)(CO)NC(=O)c1ccnc(F)c1F. The number of aromatic nitrogens is 1. The van der Waals surface area contributed by atoms with Crippen LogP contribution >= 0.6 is 0 Å². The molecule has 0 spiro atoms. The second-order valence-corrected chi connectivity index (χ2v) is 3.79. The second kappa shape index (κ2) is 5.15. The fraction of sp³-hybridized carbons (Fsp3) is 0.400. The van der Waals surface area contributed by atoms with Gasteiger partial charge in [-0.1, -0.05) is 0 Å². The zero-order valence-electron chi connectivity index (χ0n) is 9.07. The van der Waals surface area contributed by atoms with Gasteiger partial charge in [0.15, 0.2) is 5.82 Å². The highest BCUT2D eigenvalue weighted by Gasteiger charge is 2.27. The normalized spacial score (nSPS) is 11.4. The molecule has 0 radical (unpaired) electrons. The number of rotatable bonds is 4. The van der Waals surface area contributed by atoms with Crippen molar-refractivity contribution in [1.29, 1.82) is 0 Å².